The highest BCUT2D eigenvalue weighted by molar-refractivity contribution is 5.76. The lowest BCUT2D eigenvalue weighted by Gasteiger charge is -2.33. The second kappa shape index (κ2) is 8.47. The summed E-state index contributed by atoms with van der Waals surface area (Å²) in [7, 11) is 0. The van der Waals surface area contributed by atoms with Crippen molar-refractivity contribution in [2.45, 2.75) is 51.0 Å². The molecule has 3 heterocycles. The Kier molecular flexibility index (Phi) is 6.07. The molecule has 1 N–H and O–H groups in total. The normalized spacial score (nSPS) is 21.6. The number of nitrogens with zero attached hydrogens (tertiary/aromatic N) is 4. The predicted octanol–water partition coefficient (Wildman–Crippen LogP) is 1.55. The second-order valence-corrected chi connectivity index (χ2v) is 7.14. The fourth-order valence-electron chi connectivity index (χ4n) is 4.01. The number of amides is 1. The quantitative estimate of drug-likeness (QED) is 0.809. The number of rotatable bonds is 7. The Labute approximate surface area is 148 Å². The molecule has 0 aliphatic carbocycles. The maximum Gasteiger partial charge on any atom is 0.325 e. The van der Waals surface area contributed by atoms with E-state index in [1.165, 1.54) is 25.9 Å². The van der Waals surface area contributed by atoms with Gasteiger partial charge in [-0.05, 0) is 57.8 Å². The first-order valence-corrected chi connectivity index (χ1v) is 9.37. The summed E-state index contributed by atoms with van der Waals surface area (Å²) < 4.78 is 1.55. The number of carbonyl (C=O) groups excluding carboxylic acids is 1. The lowest BCUT2D eigenvalue weighted by molar-refractivity contribution is -0.138. The standard InChI is InChI=1S/C18H28N4O3/c23-17(6-4-11-20-9-1-2-10-20)21-12-3-5-15(13-21)16-7-8-19-22(16)14-18(24)25/h7-8,15H,1-6,9-14H2,(H,24,25)/t15-/m0/s1. The highest BCUT2D eigenvalue weighted by Gasteiger charge is 2.27. The lowest BCUT2D eigenvalue weighted by atomic mass is 9.94. The predicted molar refractivity (Wildman–Crippen MR) is 93.3 cm³/mol. The van der Waals surface area contributed by atoms with Crippen LogP contribution >= 0.6 is 0 Å². The molecule has 2 fully saturated rings. The molecule has 1 aromatic heterocycles. The molecule has 2 saturated heterocycles. The largest absolute Gasteiger partial charge is 0.480 e. The molecule has 7 heteroatoms. The Morgan fingerprint density at radius 3 is 2.76 bits per heavy atom. The van der Waals surface area contributed by atoms with Crippen molar-refractivity contribution < 1.29 is 14.7 Å². The molecule has 2 aliphatic rings. The minimum absolute atomic E-state index is 0.122. The molecule has 0 saturated carbocycles. The number of aliphatic carboxylic acids is 1. The summed E-state index contributed by atoms with van der Waals surface area (Å²) in [6, 6.07) is 1.88. The van der Waals surface area contributed by atoms with Gasteiger partial charge in [-0.3, -0.25) is 14.3 Å². The Morgan fingerprint density at radius 1 is 1.20 bits per heavy atom. The maximum atomic E-state index is 12.5. The summed E-state index contributed by atoms with van der Waals surface area (Å²) in [5.74, 6) is -0.484. The minimum atomic E-state index is -0.893. The van der Waals surface area contributed by atoms with Gasteiger partial charge in [-0.15, -0.1) is 0 Å². The molecule has 0 radical (unpaired) electrons. The molecular formula is C18H28N4O3. The summed E-state index contributed by atoms with van der Waals surface area (Å²) in [4.78, 5) is 27.9. The number of hydrogen-bond donors (Lipinski definition) is 1. The zero-order chi connectivity index (χ0) is 17.6. The molecule has 2 aliphatic heterocycles. The molecule has 0 aromatic carbocycles. The van der Waals surface area contributed by atoms with Crippen molar-refractivity contribution in [3.8, 4) is 0 Å². The molecule has 1 amide bonds. The Balaban J connectivity index is 1.51. The van der Waals surface area contributed by atoms with Crippen molar-refractivity contribution in [3.05, 3.63) is 18.0 Å². The molecule has 0 bridgehead atoms. The third-order valence-corrected chi connectivity index (χ3v) is 5.29. The summed E-state index contributed by atoms with van der Waals surface area (Å²) in [5, 5.41) is 13.1. The third-order valence-electron chi connectivity index (χ3n) is 5.29. The fraction of sp³-hybridized carbons (Fsp3) is 0.722. The van der Waals surface area contributed by atoms with Crippen LogP contribution in [-0.2, 0) is 16.1 Å². The SMILES string of the molecule is O=C(O)Cn1nccc1[C@H]1CCCN(C(=O)CCCN2CCCC2)C1. The van der Waals surface area contributed by atoms with Crippen LogP contribution in [0.2, 0.25) is 0 Å². The average molecular weight is 348 g/mol. The average Bonchev–Trinajstić information content (AvgIpc) is 3.26. The van der Waals surface area contributed by atoms with Gasteiger partial charge in [0.25, 0.3) is 0 Å². The van der Waals surface area contributed by atoms with Crippen LogP contribution in [0, 0.1) is 0 Å². The van der Waals surface area contributed by atoms with E-state index < -0.39 is 5.97 Å². The Hall–Kier alpha value is -1.89. The number of piperidine rings is 1. The van der Waals surface area contributed by atoms with Crippen molar-refractivity contribution in [1.82, 2.24) is 19.6 Å². The van der Waals surface area contributed by atoms with E-state index in [0.29, 0.717) is 13.0 Å². The van der Waals surface area contributed by atoms with Gasteiger partial charge in [0.1, 0.15) is 6.54 Å². The van der Waals surface area contributed by atoms with Gasteiger partial charge >= 0.3 is 5.97 Å². The molecule has 0 spiro atoms. The number of carboxylic acid groups (broad SMARTS) is 1. The van der Waals surface area contributed by atoms with Gasteiger partial charge in [0, 0.05) is 37.3 Å². The summed E-state index contributed by atoms with van der Waals surface area (Å²) >= 11 is 0. The van der Waals surface area contributed by atoms with Crippen LogP contribution in [0.5, 0.6) is 0 Å². The van der Waals surface area contributed by atoms with Gasteiger partial charge in [0.05, 0.1) is 0 Å². The monoisotopic (exact) mass is 348 g/mol. The zero-order valence-electron chi connectivity index (χ0n) is 14.8. The number of hydrogen-bond acceptors (Lipinski definition) is 4. The maximum absolute atomic E-state index is 12.5. The number of aromatic nitrogens is 2. The van der Waals surface area contributed by atoms with Gasteiger partial charge in [-0.1, -0.05) is 0 Å². The first-order valence-electron chi connectivity index (χ1n) is 9.37. The van der Waals surface area contributed by atoms with Crippen LogP contribution in [0.25, 0.3) is 0 Å². The van der Waals surface area contributed by atoms with Crippen molar-refractivity contribution in [1.29, 1.82) is 0 Å². The van der Waals surface area contributed by atoms with Crippen molar-refractivity contribution in [2.75, 3.05) is 32.7 Å². The van der Waals surface area contributed by atoms with Crippen LogP contribution in [-0.4, -0.2) is 69.3 Å². The number of carbonyl (C=O) groups is 2. The van der Waals surface area contributed by atoms with Crippen molar-refractivity contribution in [3.63, 3.8) is 0 Å². The van der Waals surface area contributed by atoms with Crippen LogP contribution in [0.1, 0.15) is 50.1 Å². The number of carboxylic acids is 1. The summed E-state index contributed by atoms with van der Waals surface area (Å²) in [5.41, 5.74) is 0.928. The van der Waals surface area contributed by atoms with Crippen LogP contribution in [0.4, 0.5) is 0 Å². The third kappa shape index (κ3) is 4.81. The first-order chi connectivity index (χ1) is 12.1. The Bertz CT molecular complexity index is 595. The first kappa shape index (κ1) is 17.9. The molecule has 1 aromatic rings. The topological polar surface area (TPSA) is 78.7 Å². The van der Waals surface area contributed by atoms with Gasteiger partial charge in [-0.2, -0.15) is 5.10 Å². The molecule has 0 unspecified atom stereocenters. The smallest absolute Gasteiger partial charge is 0.325 e. The van der Waals surface area contributed by atoms with E-state index in [2.05, 4.69) is 10.00 Å². The van der Waals surface area contributed by atoms with Crippen LogP contribution in [0.15, 0.2) is 12.3 Å². The van der Waals surface area contributed by atoms with E-state index in [9.17, 15) is 9.59 Å². The number of likely N-dealkylation sites (tertiary alicyclic amines) is 2. The van der Waals surface area contributed by atoms with Gasteiger partial charge in [0.2, 0.25) is 5.91 Å². The van der Waals surface area contributed by atoms with Crippen LogP contribution in [0.3, 0.4) is 0 Å². The minimum Gasteiger partial charge on any atom is -0.480 e. The molecule has 7 nitrogen and oxygen atoms in total. The summed E-state index contributed by atoms with van der Waals surface area (Å²) in [6.07, 6.45) is 7.69. The molecule has 138 valence electrons. The highest BCUT2D eigenvalue weighted by atomic mass is 16.4. The van der Waals surface area contributed by atoms with E-state index in [1.807, 2.05) is 11.0 Å². The van der Waals surface area contributed by atoms with Gasteiger partial charge in [-0.25, -0.2) is 0 Å². The molecular weight excluding hydrogens is 320 g/mol. The van der Waals surface area contributed by atoms with E-state index in [1.54, 1.807) is 10.9 Å². The van der Waals surface area contributed by atoms with E-state index >= 15 is 0 Å². The van der Waals surface area contributed by atoms with Gasteiger partial charge in [0.15, 0.2) is 0 Å². The van der Waals surface area contributed by atoms with E-state index in [0.717, 1.165) is 38.0 Å². The molecule has 3 rings (SSSR count). The Morgan fingerprint density at radius 2 is 2.00 bits per heavy atom. The van der Waals surface area contributed by atoms with E-state index in [4.69, 9.17) is 5.11 Å². The van der Waals surface area contributed by atoms with Crippen LogP contribution < -0.4 is 0 Å². The van der Waals surface area contributed by atoms with E-state index in [-0.39, 0.29) is 18.4 Å². The fourth-order valence-corrected chi connectivity index (χ4v) is 4.01. The van der Waals surface area contributed by atoms with Crippen molar-refractivity contribution >= 4 is 11.9 Å². The molecule has 1 atom stereocenters. The van der Waals surface area contributed by atoms with Gasteiger partial charge < -0.3 is 14.9 Å². The highest BCUT2D eigenvalue weighted by Crippen LogP contribution is 2.27. The lowest BCUT2D eigenvalue weighted by Crippen LogP contribution is -2.40. The zero-order valence-corrected chi connectivity index (χ0v) is 14.8. The molecule has 25 heavy (non-hydrogen) atoms. The summed E-state index contributed by atoms with van der Waals surface area (Å²) in [6.45, 7) is 4.73. The second-order valence-electron chi connectivity index (χ2n) is 7.14. The van der Waals surface area contributed by atoms with Crippen molar-refractivity contribution in [2.24, 2.45) is 0 Å².